The highest BCUT2D eigenvalue weighted by molar-refractivity contribution is 5.79. The third-order valence-corrected chi connectivity index (χ3v) is 5.93. The van der Waals surface area contributed by atoms with Crippen LogP contribution in [0.5, 0.6) is 5.75 Å². The zero-order valence-corrected chi connectivity index (χ0v) is 16.9. The average molecular weight is 399 g/mol. The van der Waals surface area contributed by atoms with Crippen LogP contribution in [-0.2, 0) is 22.7 Å². The molecule has 4 heterocycles. The number of benzene rings is 1. The minimum Gasteiger partial charge on any atom is -0.487 e. The van der Waals surface area contributed by atoms with Crippen molar-refractivity contribution >= 4 is 5.91 Å². The molecule has 1 amide bonds. The molecule has 3 aliphatic heterocycles. The molecule has 3 saturated heterocycles. The number of ether oxygens (including phenoxy) is 2. The van der Waals surface area contributed by atoms with E-state index in [1.807, 2.05) is 41.2 Å². The molecule has 5 rings (SSSR count). The van der Waals surface area contributed by atoms with Crippen LogP contribution < -0.4 is 10.1 Å². The van der Waals surface area contributed by atoms with Gasteiger partial charge in [0.05, 0.1) is 25.3 Å². The Bertz CT molecular complexity index is 797. The molecule has 1 aromatic carbocycles. The summed E-state index contributed by atoms with van der Waals surface area (Å²) in [5.41, 5.74) is 0.820. The van der Waals surface area contributed by atoms with Gasteiger partial charge in [0.15, 0.2) is 0 Å². The van der Waals surface area contributed by atoms with E-state index < -0.39 is 0 Å². The van der Waals surface area contributed by atoms with Gasteiger partial charge in [0.1, 0.15) is 18.1 Å². The minimum absolute atomic E-state index is 0.0856. The van der Waals surface area contributed by atoms with Gasteiger partial charge in [-0.05, 0) is 37.4 Å². The van der Waals surface area contributed by atoms with E-state index in [1.54, 1.807) is 7.11 Å². The molecule has 3 aliphatic rings. The Morgan fingerprint density at radius 2 is 2.17 bits per heavy atom. The molecular weight excluding hydrogens is 370 g/mol. The van der Waals surface area contributed by atoms with E-state index in [1.165, 1.54) is 0 Å². The second kappa shape index (κ2) is 9.37. The maximum atomic E-state index is 12.5. The van der Waals surface area contributed by atoms with Crippen LogP contribution in [0.4, 0.5) is 0 Å². The maximum absolute atomic E-state index is 12.5. The molecule has 4 atom stereocenters. The number of amides is 1. The van der Waals surface area contributed by atoms with E-state index in [0.717, 1.165) is 43.9 Å². The lowest BCUT2D eigenvalue weighted by Gasteiger charge is -2.49. The molecule has 1 unspecified atom stereocenters. The molecular formula is C21H29N5O3. The fourth-order valence-corrected chi connectivity index (χ4v) is 4.42. The first kappa shape index (κ1) is 19.8. The van der Waals surface area contributed by atoms with Crippen molar-refractivity contribution in [3.63, 3.8) is 0 Å². The number of nitrogens with one attached hydrogen (secondary N) is 1. The number of carbonyl (C=O) groups is 1. The van der Waals surface area contributed by atoms with Crippen molar-refractivity contribution in [1.82, 2.24) is 25.2 Å². The predicted octanol–water partition coefficient (Wildman–Crippen LogP) is 1.33. The fraction of sp³-hybridized carbons (Fsp3) is 0.571. The number of hydrogen-bond acceptors (Lipinski definition) is 6. The summed E-state index contributed by atoms with van der Waals surface area (Å²) in [6, 6.07) is 10.1. The Hall–Kier alpha value is -2.45. The largest absolute Gasteiger partial charge is 0.487 e. The van der Waals surface area contributed by atoms with Crippen molar-refractivity contribution < 1.29 is 14.3 Å². The number of hydrogen-bond donors (Lipinski definition) is 1. The summed E-state index contributed by atoms with van der Waals surface area (Å²) in [5.74, 6) is 1.52. The van der Waals surface area contributed by atoms with Crippen molar-refractivity contribution in [2.75, 3.05) is 33.4 Å². The van der Waals surface area contributed by atoms with E-state index >= 15 is 0 Å². The van der Waals surface area contributed by atoms with E-state index in [-0.39, 0.29) is 11.8 Å². The molecule has 3 fully saturated rings. The van der Waals surface area contributed by atoms with Gasteiger partial charge >= 0.3 is 0 Å². The smallest absolute Gasteiger partial charge is 0.224 e. The van der Waals surface area contributed by atoms with Crippen molar-refractivity contribution in [3.8, 4) is 5.75 Å². The topological polar surface area (TPSA) is 81.5 Å². The molecule has 8 heteroatoms. The van der Waals surface area contributed by atoms with Crippen molar-refractivity contribution in [2.24, 2.45) is 11.8 Å². The zero-order valence-electron chi connectivity index (χ0n) is 16.9. The summed E-state index contributed by atoms with van der Waals surface area (Å²) in [4.78, 5) is 14.9. The third kappa shape index (κ3) is 4.94. The lowest BCUT2D eigenvalue weighted by Crippen LogP contribution is -2.58. The Balaban J connectivity index is 1.28. The Labute approximate surface area is 171 Å². The minimum atomic E-state index is 0.0856. The van der Waals surface area contributed by atoms with Gasteiger partial charge in [0.2, 0.25) is 5.91 Å². The molecule has 1 N–H and O–H groups in total. The highest BCUT2D eigenvalue weighted by Crippen LogP contribution is 2.36. The van der Waals surface area contributed by atoms with Crippen LogP contribution in [0.3, 0.4) is 0 Å². The van der Waals surface area contributed by atoms with Gasteiger partial charge in [-0.1, -0.05) is 23.4 Å². The van der Waals surface area contributed by atoms with Gasteiger partial charge in [-0.15, -0.1) is 5.10 Å². The molecule has 156 valence electrons. The van der Waals surface area contributed by atoms with E-state index in [0.29, 0.717) is 31.7 Å². The monoisotopic (exact) mass is 399 g/mol. The Morgan fingerprint density at radius 1 is 1.31 bits per heavy atom. The second-order valence-corrected chi connectivity index (χ2v) is 7.86. The lowest BCUT2D eigenvalue weighted by atomic mass is 9.75. The van der Waals surface area contributed by atoms with Gasteiger partial charge < -0.3 is 14.8 Å². The molecule has 0 spiro atoms. The van der Waals surface area contributed by atoms with Crippen molar-refractivity contribution in [2.45, 2.75) is 32.0 Å². The van der Waals surface area contributed by atoms with Gasteiger partial charge in [0, 0.05) is 26.2 Å². The van der Waals surface area contributed by atoms with Crippen LogP contribution in [0.25, 0.3) is 0 Å². The summed E-state index contributed by atoms with van der Waals surface area (Å²) in [7, 11) is 1.65. The number of rotatable bonds is 9. The molecule has 29 heavy (non-hydrogen) atoms. The van der Waals surface area contributed by atoms with Gasteiger partial charge in [-0.25, -0.2) is 0 Å². The van der Waals surface area contributed by atoms with Crippen LogP contribution in [0.1, 0.15) is 18.5 Å². The van der Waals surface area contributed by atoms with E-state index in [2.05, 4.69) is 20.5 Å². The number of fused-ring (bicyclic) bond motifs is 3. The van der Waals surface area contributed by atoms with Crippen LogP contribution in [0.2, 0.25) is 0 Å². The highest BCUT2D eigenvalue weighted by Gasteiger charge is 2.43. The third-order valence-electron chi connectivity index (χ3n) is 5.93. The first-order valence-corrected chi connectivity index (χ1v) is 10.3. The maximum Gasteiger partial charge on any atom is 0.224 e. The van der Waals surface area contributed by atoms with Crippen molar-refractivity contribution in [1.29, 1.82) is 0 Å². The van der Waals surface area contributed by atoms with Crippen LogP contribution in [0, 0.1) is 11.8 Å². The number of para-hydroxylation sites is 1. The summed E-state index contributed by atoms with van der Waals surface area (Å²) >= 11 is 0. The number of nitrogens with zero attached hydrogens (tertiary/aromatic N) is 4. The summed E-state index contributed by atoms with van der Waals surface area (Å²) in [6.45, 7) is 4.22. The highest BCUT2D eigenvalue weighted by atomic mass is 16.5. The van der Waals surface area contributed by atoms with Gasteiger partial charge in [-0.2, -0.15) is 0 Å². The summed E-state index contributed by atoms with van der Waals surface area (Å²) in [5, 5.41) is 11.5. The number of aromatic nitrogens is 3. The number of piperidine rings is 3. The van der Waals surface area contributed by atoms with Crippen LogP contribution in [-0.4, -0.2) is 65.2 Å². The first-order chi connectivity index (χ1) is 14.2. The molecule has 0 saturated carbocycles. The quantitative estimate of drug-likeness (QED) is 0.641. The van der Waals surface area contributed by atoms with Crippen LogP contribution in [0.15, 0.2) is 36.5 Å². The first-order valence-electron chi connectivity index (χ1n) is 10.3. The molecule has 2 aromatic rings. The van der Waals surface area contributed by atoms with E-state index in [4.69, 9.17) is 9.47 Å². The molecule has 0 aliphatic carbocycles. The SMILES string of the molecule is COCCNC(=O)[C@@H]1CN2CC[C@@H]1C[C@@H]2Cn1cc(COc2ccccc2)nn1. The van der Waals surface area contributed by atoms with Gasteiger partial charge in [0.25, 0.3) is 0 Å². The Kier molecular flexibility index (Phi) is 6.41. The van der Waals surface area contributed by atoms with Crippen LogP contribution >= 0.6 is 0 Å². The zero-order chi connectivity index (χ0) is 20.1. The van der Waals surface area contributed by atoms with Crippen molar-refractivity contribution in [3.05, 3.63) is 42.2 Å². The normalized spacial score (nSPS) is 25.7. The molecule has 2 bridgehead atoms. The van der Waals surface area contributed by atoms with Gasteiger partial charge in [-0.3, -0.25) is 14.4 Å². The second-order valence-electron chi connectivity index (χ2n) is 7.86. The lowest BCUT2D eigenvalue weighted by molar-refractivity contribution is -0.133. The Morgan fingerprint density at radius 3 is 2.93 bits per heavy atom. The average Bonchev–Trinajstić information content (AvgIpc) is 3.21. The summed E-state index contributed by atoms with van der Waals surface area (Å²) < 4.78 is 12.7. The number of carbonyl (C=O) groups excluding carboxylic acids is 1. The molecule has 1 aromatic heterocycles. The fourth-order valence-electron chi connectivity index (χ4n) is 4.42. The van der Waals surface area contributed by atoms with E-state index in [9.17, 15) is 4.79 Å². The number of methoxy groups -OCH3 is 1. The standard InChI is InChI=1S/C21H29N5O3/c1-28-10-8-22-21(27)20-14-25-9-7-16(20)11-18(25)13-26-12-17(23-24-26)15-29-19-5-3-2-4-6-19/h2-6,12,16,18,20H,7-11,13-15H2,1H3,(H,22,27)/t16-,18-,20-/m1/s1. The molecule has 8 nitrogen and oxygen atoms in total. The molecule has 0 radical (unpaired) electrons. The predicted molar refractivity (Wildman–Crippen MR) is 107 cm³/mol. The summed E-state index contributed by atoms with van der Waals surface area (Å²) in [6.07, 6.45) is 4.08.